The van der Waals surface area contributed by atoms with E-state index in [2.05, 4.69) is 10.3 Å². The quantitative estimate of drug-likeness (QED) is 0.610. The number of likely N-dealkylation sites (tertiary alicyclic amines) is 1. The summed E-state index contributed by atoms with van der Waals surface area (Å²) < 4.78 is 2.71. The van der Waals surface area contributed by atoms with E-state index in [1.165, 1.54) is 22.4 Å². The van der Waals surface area contributed by atoms with E-state index in [1.54, 1.807) is 35.2 Å². The van der Waals surface area contributed by atoms with Gasteiger partial charge >= 0.3 is 17.1 Å². The third kappa shape index (κ3) is 3.80. The molecule has 2 aromatic heterocycles. The summed E-state index contributed by atoms with van der Waals surface area (Å²) in [6, 6.07) is 8.08. The Morgan fingerprint density at radius 2 is 1.83 bits per heavy atom. The number of pyridine rings is 1. The molecule has 0 unspecified atom stereocenters. The van der Waals surface area contributed by atoms with Gasteiger partial charge in [0.05, 0.1) is 10.5 Å². The molecule has 0 radical (unpaired) electrons. The summed E-state index contributed by atoms with van der Waals surface area (Å²) in [4.78, 5) is 43.7. The molecule has 0 bridgehead atoms. The first kappa shape index (κ1) is 20.4. The lowest BCUT2D eigenvalue weighted by molar-refractivity contribution is 0.183. The Morgan fingerprint density at radius 3 is 2.53 bits per heavy atom. The van der Waals surface area contributed by atoms with Crippen LogP contribution in [0.15, 0.2) is 46.1 Å². The zero-order valence-corrected chi connectivity index (χ0v) is 17.7. The van der Waals surface area contributed by atoms with Crippen LogP contribution in [0.4, 0.5) is 10.5 Å². The van der Waals surface area contributed by atoms with Crippen LogP contribution >= 0.6 is 23.2 Å². The Bertz CT molecular complexity index is 1250. The molecule has 3 heterocycles. The minimum Gasteiger partial charge on any atom is -0.324 e. The number of fused-ring (bicyclic) bond motifs is 1. The van der Waals surface area contributed by atoms with Crippen molar-refractivity contribution in [2.24, 2.45) is 7.05 Å². The number of hydrogen-bond donors (Lipinski definition) is 1. The number of rotatable bonds is 2. The van der Waals surface area contributed by atoms with Crippen molar-refractivity contribution in [2.75, 3.05) is 18.4 Å². The van der Waals surface area contributed by atoms with Crippen molar-refractivity contribution in [3.8, 4) is 0 Å². The molecule has 156 valence electrons. The second-order valence-electron chi connectivity index (χ2n) is 7.19. The van der Waals surface area contributed by atoms with Crippen molar-refractivity contribution in [3.63, 3.8) is 0 Å². The smallest absolute Gasteiger partial charge is 0.321 e. The Hall–Kier alpha value is -2.84. The third-order valence-corrected chi connectivity index (χ3v) is 5.74. The number of carbonyl (C=O) groups is 1. The van der Waals surface area contributed by atoms with E-state index >= 15 is 0 Å². The Morgan fingerprint density at radius 1 is 1.10 bits per heavy atom. The van der Waals surface area contributed by atoms with Gasteiger partial charge in [0.2, 0.25) is 0 Å². The molecule has 2 amide bonds. The van der Waals surface area contributed by atoms with Crippen LogP contribution < -0.4 is 16.4 Å². The lowest BCUT2D eigenvalue weighted by atomic mass is 10.0. The predicted molar refractivity (Wildman–Crippen MR) is 117 cm³/mol. The van der Waals surface area contributed by atoms with Crippen LogP contribution in [0, 0.1) is 0 Å². The molecule has 30 heavy (non-hydrogen) atoms. The molecule has 4 rings (SSSR count). The van der Waals surface area contributed by atoms with Crippen LogP contribution in [-0.2, 0) is 7.05 Å². The van der Waals surface area contributed by atoms with Crippen LogP contribution in [0.25, 0.3) is 11.2 Å². The largest absolute Gasteiger partial charge is 0.324 e. The number of piperidine rings is 1. The number of benzene rings is 1. The summed E-state index contributed by atoms with van der Waals surface area (Å²) in [6.45, 7) is 0.877. The number of nitrogens with zero attached hydrogens (tertiary/aromatic N) is 4. The summed E-state index contributed by atoms with van der Waals surface area (Å²) >= 11 is 12.0. The number of urea groups is 1. The molecule has 8 nitrogen and oxygen atoms in total. The van der Waals surface area contributed by atoms with Gasteiger partial charge in [0.1, 0.15) is 0 Å². The van der Waals surface area contributed by atoms with Crippen molar-refractivity contribution < 1.29 is 4.79 Å². The van der Waals surface area contributed by atoms with Crippen LogP contribution in [0.2, 0.25) is 10.0 Å². The molecule has 0 spiro atoms. The fourth-order valence-corrected chi connectivity index (χ4v) is 4.08. The van der Waals surface area contributed by atoms with Gasteiger partial charge in [-0.15, -0.1) is 0 Å². The number of aryl methyl sites for hydroxylation is 1. The molecule has 1 saturated heterocycles. The average molecular weight is 448 g/mol. The van der Waals surface area contributed by atoms with Gasteiger partial charge in [-0.3, -0.25) is 14.2 Å². The maximum absolute atomic E-state index is 12.7. The van der Waals surface area contributed by atoms with Crippen molar-refractivity contribution in [1.29, 1.82) is 0 Å². The minimum absolute atomic E-state index is 0.234. The summed E-state index contributed by atoms with van der Waals surface area (Å²) in [6.07, 6.45) is 2.50. The molecule has 1 aliphatic heterocycles. The van der Waals surface area contributed by atoms with Gasteiger partial charge in [-0.2, -0.15) is 0 Å². The molecule has 1 aromatic carbocycles. The van der Waals surface area contributed by atoms with E-state index in [9.17, 15) is 14.4 Å². The lowest BCUT2D eigenvalue weighted by Crippen LogP contribution is -2.46. The summed E-state index contributed by atoms with van der Waals surface area (Å²) in [5.74, 6) is 0. The fourth-order valence-electron chi connectivity index (χ4n) is 3.74. The van der Waals surface area contributed by atoms with Crippen molar-refractivity contribution in [2.45, 2.75) is 18.9 Å². The van der Waals surface area contributed by atoms with Gasteiger partial charge in [-0.1, -0.05) is 29.3 Å². The molecule has 1 aliphatic rings. The van der Waals surface area contributed by atoms with Gasteiger partial charge < -0.3 is 14.8 Å². The molecule has 1 N–H and O–H groups in total. The number of anilines is 1. The first-order chi connectivity index (χ1) is 14.3. The van der Waals surface area contributed by atoms with E-state index in [0.29, 0.717) is 52.8 Å². The third-order valence-electron chi connectivity index (χ3n) is 5.30. The summed E-state index contributed by atoms with van der Waals surface area (Å²) in [5.41, 5.74) is 0.264. The number of aromatic nitrogens is 3. The molecule has 3 aromatic rings. The highest BCUT2D eigenvalue weighted by Crippen LogP contribution is 2.25. The number of amides is 2. The molecule has 0 saturated carbocycles. The van der Waals surface area contributed by atoms with Crippen molar-refractivity contribution >= 4 is 46.1 Å². The van der Waals surface area contributed by atoms with Crippen molar-refractivity contribution in [3.05, 3.63) is 67.3 Å². The number of halogens is 2. The lowest BCUT2D eigenvalue weighted by Gasteiger charge is -2.33. The second-order valence-corrected chi connectivity index (χ2v) is 8.07. The molecular formula is C20H19Cl2N5O3. The Balaban J connectivity index is 1.56. The number of carbonyl (C=O) groups excluding carboxylic acids is 1. The van der Waals surface area contributed by atoms with Gasteiger partial charge in [0, 0.05) is 43.1 Å². The first-order valence-electron chi connectivity index (χ1n) is 9.43. The van der Waals surface area contributed by atoms with Crippen LogP contribution in [0.3, 0.4) is 0 Å². The normalized spacial score (nSPS) is 14.8. The van der Waals surface area contributed by atoms with Crippen LogP contribution in [-0.4, -0.2) is 38.1 Å². The van der Waals surface area contributed by atoms with Crippen LogP contribution in [0.1, 0.15) is 18.9 Å². The van der Waals surface area contributed by atoms with Gasteiger partial charge in [0.25, 0.3) is 0 Å². The summed E-state index contributed by atoms with van der Waals surface area (Å²) in [7, 11) is 1.52. The monoisotopic (exact) mass is 447 g/mol. The van der Waals surface area contributed by atoms with E-state index in [4.69, 9.17) is 23.2 Å². The summed E-state index contributed by atoms with van der Waals surface area (Å²) in [5, 5.41) is 3.75. The SMILES string of the molecule is Cn1c(=O)c(=O)n(C2CCN(C(=O)Nc3cccc(Cl)c3)CC2)c2ncc(Cl)cc21. The fraction of sp³-hybridized carbons (Fsp3) is 0.300. The van der Waals surface area contributed by atoms with E-state index in [0.717, 1.165) is 0 Å². The maximum Gasteiger partial charge on any atom is 0.321 e. The Labute approximate surface area is 181 Å². The minimum atomic E-state index is -0.632. The van der Waals surface area contributed by atoms with E-state index in [-0.39, 0.29) is 12.1 Å². The maximum atomic E-state index is 12.7. The standard InChI is InChI=1S/C20H19Cl2N5O3/c1-25-16-10-13(22)11-23-17(16)27(19(29)18(25)28)15-5-7-26(8-6-15)20(30)24-14-4-2-3-12(21)9-14/h2-4,9-11,15H,5-8H2,1H3,(H,24,30). The number of hydrogen-bond acceptors (Lipinski definition) is 4. The molecule has 0 atom stereocenters. The van der Waals surface area contributed by atoms with Gasteiger partial charge in [0.15, 0.2) is 5.65 Å². The van der Waals surface area contributed by atoms with E-state index in [1.807, 2.05) is 0 Å². The molecule has 10 heteroatoms. The molecule has 0 aliphatic carbocycles. The van der Waals surface area contributed by atoms with Crippen molar-refractivity contribution in [1.82, 2.24) is 19.0 Å². The zero-order chi connectivity index (χ0) is 21.4. The highest BCUT2D eigenvalue weighted by atomic mass is 35.5. The average Bonchev–Trinajstić information content (AvgIpc) is 2.73. The molecular weight excluding hydrogens is 429 g/mol. The van der Waals surface area contributed by atoms with E-state index < -0.39 is 11.1 Å². The zero-order valence-electron chi connectivity index (χ0n) is 16.1. The number of nitrogens with one attached hydrogen (secondary N) is 1. The topological polar surface area (TPSA) is 89.2 Å². The van der Waals surface area contributed by atoms with Crippen LogP contribution in [0.5, 0.6) is 0 Å². The highest BCUT2D eigenvalue weighted by Gasteiger charge is 2.27. The molecule has 1 fully saturated rings. The second kappa shape index (κ2) is 8.12. The highest BCUT2D eigenvalue weighted by molar-refractivity contribution is 6.31. The van der Waals surface area contributed by atoms with Gasteiger partial charge in [-0.25, -0.2) is 9.78 Å². The predicted octanol–water partition coefficient (Wildman–Crippen LogP) is 3.27. The first-order valence-corrected chi connectivity index (χ1v) is 10.2. The Kier molecular flexibility index (Phi) is 5.53. The van der Waals surface area contributed by atoms with Gasteiger partial charge in [-0.05, 0) is 37.1 Å².